The molecule has 0 unspecified atom stereocenters. The average molecular weight is 235 g/mol. The predicted octanol–water partition coefficient (Wildman–Crippen LogP) is 3.04. The van der Waals surface area contributed by atoms with Crippen molar-refractivity contribution in [3.63, 3.8) is 0 Å². The Morgan fingerprint density at radius 1 is 1.18 bits per heavy atom. The molecule has 3 rings (SSSR count). The molecule has 1 aromatic heterocycles. The number of furan rings is 1. The van der Waals surface area contributed by atoms with Gasteiger partial charge in [0.15, 0.2) is 0 Å². The Kier molecular flexibility index (Phi) is 2.26. The quantitative estimate of drug-likeness (QED) is 0.868. The SMILES string of the molecule is N[C@H]1C[C@@H]1c1ccc(-c2ccc(F)cc2F)o1. The molecule has 0 bridgehead atoms. The zero-order valence-corrected chi connectivity index (χ0v) is 8.99. The summed E-state index contributed by atoms with van der Waals surface area (Å²) in [5, 5.41) is 0. The molecule has 2 aromatic rings. The zero-order chi connectivity index (χ0) is 12.0. The molecule has 88 valence electrons. The molecule has 1 fully saturated rings. The molecule has 4 heteroatoms. The van der Waals surface area contributed by atoms with Gasteiger partial charge in [0.05, 0.1) is 5.56 Å². The van der Waals surface area contributed by atoms with E-state index < -0.39 is 11.6 Å². The van der Waals surface area contributed by atoms with E-state index in [2.05, 4.69) is 0 Å². The molecule has 0 spiro atoms. The van der Waals surface area contributed by atoms with Crippen molar-refractivity contribution < 1.29 is 13.2 Å². The summed E-state index contributed by atoms with van der Waals surface area (Å²) in [6, 6.07) is 7.07. The number of hydrogen-bond acceptors (Lipinski definition) is 2. The summed E-state index contributed by atoms with van der Waals surface area (Å²) < 4.78 is 31.8. The Balaban J connectivity index is 1.95. The van der Waals surface area contributed by atoms with Crippen LogP contribution in [0.1, 0.15) is 18.1 Å². The lowest BCUT2D eigenvalue weighted by atomic mass is 10.1. The van der Waals surface area contributed by atoms with Gasteiger partial charge in [0.2, 0.25) is 0 Å². The number of nitrogens with two attached hydrogens (primary N) is 1. The highest BCUT2D eigenvalue weighted by molar-refractivity contribution is 5.58. The molecule has 0 aliphatic heterocycles. The van der Waals surface area contributed by atoms with Crippen molar-refractivity contribution in [2.75, 3.05) is 0 Å². The van der Waals surface area contributed by atoms with E-state index in [1.54, 1.807) is 12.1 Å². The first kappa shape index (κ1) is 10.5. The number of benzene rings is 1. The highest BCUT2D eigenvalue weighted by Crippen LogP contribution is 2.41. The molecular formula is C13H11F2NO. The lowest BCUT2D eigenvalue weighted by molar-refractivity contribution is 0.515. The lowest BCUT2D eigenvalue weighted by Gasteiger charge is -1.99. The molecule has 2 nitrogen and oxygen atoms in total. The van der Waals surface area contributed by atoms with E-state index in [4.69, 9.17) is 10.2 Å². The fourth-order valence-corrected chi connectivity index (χ4v) is 1.93. The molecule has 2 N–H and O–H groups in total. The number of halogens is 2. The van der Waals surface area contributed by atoms with Gasteiger partial charge in [-0.3, -0.25) is 0 Å². The molecule has 0 saturated heterocycles. The van der Waals surface area contributed by atoms with Gasteiger partial charge < -0.3 is 10.2 Å². The summed E-state index contributed by atoms with van der Waals surface area (Å²) in [5.41, 5.74) is 5.98. The summed E-state index contributed by atoms with van der Waals surface area (Å²) in [4.78, 5) is 0. The normalized spacial score (nSPS) is 22.8. The lowest BCUT2D eigenvalue weighted by Crippen LogP contribution is -2.00. The molecule has 0 amide bonds. The fourth-order valence-electron chi connectivity index (χ4n) is 1.93. The zero-order valence-electron chi connectivity index (χ0n) is 8.99. The molecule has 17 heavy (non-hydrogen) atoms. The van der Waals surface area contributed by atoms with Gasteiger partial charge in [-0.15, -0.1) is 0 Å². The predicted molar refractivity (Wildman–Crippen MR) is 59.4 cm³/mol. The van der Waals surface area contributed by atoms with Crippen LogP contribution in [0.3, 0.4) is 0 Å². The van der Waals surface area contributed by atoms with Crippen molar-refractivity contribution in [1.82, 2.24) is 0 Å². The molecule has 1 aliphatic carbocycles. The third-order valence-electron chi connectivity index (χ3n) is 3.03. The first-order chi connectivity index (χ1) is 8.15. The van der Waals surface area contributed by atoms with Crippen LogP contribution in [0.15, 0.2) is 34.7 Å². The van der Waals surface area contributed by atoms with Crippen LogP contribution in [-0.4, -0.2) is 6.04 Å². The molecule has 1 saturated carbocycles. The summed E-state index contributed by atoms with van der Waals surface area (Å²) in [6.07, 6.45) is 0.902. The van der Waals surface area contributed by atoms with Crippen molar-refractivity contribution >= 4 is 0 Å². The monoisotopic (exact) mass is 235 g/mol. The van der Waals surface area contributed by atoms with Crippen LogP contribution >= 0.6 is 0 Å². The minimum atomic E-state index is -0.619. The second-order valence-electron chi connectivity index (χ2n) is 4.33. The maximum Gasteiger partial charge on any atom is 0.137 e. The smallest absolute Gasteiger partial charge is 0.137 e. The molecule has 1 aromatic carbocycles. The van der Waals surface area contributed by atoms with Crippen LogP contribution in [0.5, 0.6) is 0 Å². The minimum Gasteiger partial charge on any atom is -0.461 e. The van der Waals surface area contributed by atoms with Crippen molar-refractivity contribution in [1.29, 1.82) is 0 Å². The first-order valence-corrected chi connectivity index (χ1v) is 5.46. The first-order valence-electron chi connectivity index (χ1n) is 5.46. The van der Waals surface area contributed by atoms with E-state index in [-0.39, 0.29) is 17.5 Å². The highest BCUT2D eigenvalue weighted by atomic mass is 19.1. The topological polar surface area (TPSA) is 39.2 Å². The maximum atomic E-state index is 13.5. The third kappa shape index (κ3) is 1.85. The van der Waals surface area contributed by atoms with Crippen LogP contribution < -0.4 is 5.73 Å². The molecule has 2 atom stereocenters. The second kappa shape index (κ2) is 3.67. The maximum absolute atomic E-state index is 13.5. The Hall–Kier alpha value is -1.68. The van der Waals surface area contributed by atoms with Crippen molar-refractivity contribution in [2.45, 2.75) is 18.4 Å². The van der Waals surface area contributed by atoms with Crippen molar-refractivity contribution in [2.24, 2.45) is 5.73 Å². The summed E-state index contributed by atoms with van der Waals surface area (Å²) in [5.74, 6) is 0.216. The van der Waals surface area contributed by atoms with E-state index in [9.17, 15) is 8.78 Å². The van der Waals surface area contributed by atoms with E-state index in [1.807, 2.05) is 0 Å². The molecule has 1 heterocycles. The Bertz CT molecular complexity index is 564. The van der Waals surface area contributed by atoms with Crippen LogP contribution in [0, 0.1) is 11.6 Å². The van der Waals surface area contributed by atoms with Crippen LogP contribution in [0.4, 0.5) is 8.78 Å². The Morgan fingerprint density at radius 2 is 1.94 bits per heavy atom. The second-order valence-corrected chi connectivity index (χ2v) is 4.33. The number of rotatable bonds is 2. The summed E-state index contributed by atoms with van der Waals surface area (Å²) in [7, 11) is 0. The van der Waals surface area contributed by atoms with Crippen LogP contribution in [0.25, 0.3) is 11.3 Å². The van der Waals surface area contributed by atoms with Gasteiger partial charge in [-0.05, 0) is 30.7 Å². The Labute approximate surface area is 97.0 Å². The molecule has 1 aliphatic rings. The van der Waals surface area contributed by atoms with Gasteiger partial charge in [-0.2, -0.15) is 0 Å². The van der Waals surface area contributed by atoms with Crippen LogP contribution in [0.2, 0.25) is 0 Å². The highest BCUT2D eigenvalue weighted by Gasteiger charge is 2.37. The van der Waals surface area contributed by atoms with E-state index in [0.717, 1.165) is 18.2 Å². The average Bonchev–Trinajstić information content (AvgIpc) is 2.83. The van der Waals surface area contributed by atoms with Gasteiger partial charge in [0.25, 0.3) is 0 Å². The van der Waals surface area contributed by atoms with Gasteiger partial charge in [-0.1, -0.05) is 0 Å². The molecule has 0 radical (unpaired) electrons. The van der Waals surface area contributed by atoms with E-state index >= 15 is 0 Å². The third-order valence-corrected chi connectivity index (χ3v) is 3.03. The van der Waals surface area contributed by atoms with E-state index in [1.165, 1.54) is 12.1 Å². The summed E-state index contributed by atoms with van der Waals surface area (Å²) >= 11 is 0. The minimum absolute atomic E-state index is 0.145. The van der Waals surface area contributed by atoms with Crippen molar-refractivity contribution in [3.05, 3.63) is 47.7 Å². The van der Waals surface area contributed by atoms with E-state index in [0.29, 0.717) is 5.76 Å². The molecular weight excluding hydrogens is 224 g/mol. The Morgan fingerprint density at radius 3 is 2.59 bits per heavy atom. The fraction of sp³-hybridized carbons (Fsp3) is 0.231. The van der Waals surface area contributed by atoms with Gasteiger partial charge in [-0.25, -0.2) is 8.78 Å². The van der Waals surface area contributed by atoms with Gasteiger partial charge in [0.1, 0.15) is 23.2 Å². The van der Waals surface area contributed by atoms with Crippen molar-refractivity contribution in [3.8, 4) is 11.3 Å². The standard InChI is InChI=1S/C13H11F2NO/c14-7-1-2-8(10(15)5-7)12-3-4-13(17-12)9-6-11(9)16/h1-5,9,11H,6,16H2/t9-,11-/m0/s1. The summed E-state index contributed by atoms with van der Waals surface area (Å²) in [6.45, 7) is 0. The largest absolute Gasteiger partial charge is 0.461 e. The number of hydrogen-bond donors (Lipinski definition) is 1. The van der Waals surface area contributed by atoms with Gasteiger partial charge in [0, 0.05) is 18.0 Å². The van der Waals surface area contributed by atoms with Gasteiger partial charge >= 0.3 is 0 Å². The van der Waals surface area contributed by atoms with Crippen LogP contribution in [-0.2, 0) is 0 Å².